The summed E-state index contributed by atoms with van der Waals surface area (Å²) >= 11 is 2.97. The van der Waals surface area contributed by atoms with E-state index in [1.807, 2.05) is 29.0 Å². The lowest BCUT2D eigenvalue weighted by atomic mass is 10.2. The van der Waals surface area contributed by atoms with Crippen molar-refractivity contribution in [3.8, 4) is 0 Å². The van der Waals surface area contributed by atoms with Gasteiger partial charge in [0.05, 0.1) is 11.0 Å². The molecule has 0 aliphatic carbocycles. The summed E-state index contributed by atoms with van der Waals surface area (Å²) in [5, 5.41) is 33.0. The van der Waals surface area contributed by atoms with E-state index in [2.05, 4.69) is 0 Å². The van der Waals surface area contributed by atoms with E-state index in [0.717, 1.165) is 19.9 Å². The van der Waals surface area contributed by atoms with E-state index >= 15 is 0 Å². The second-order valence-corrected chi connectivity index (χ2v) is 7.16. The molecule has 0 saturated heterocycles. The highest BCUT2D eigenvalue weighted by molar-refractivity contribution is 7.12. The van der Waals surface area contributed by atoms with E-state index in [9.17, 15) is 9.90 Å². The Kier molecular flexibility index (Phi) is 9.96. The number of aliphatic hydroxyl groups excluding tert-OH is 1. The monoisotopic (exact) mass is 372 g/mol. The van der Waals surface area contributed by atoms with Crippen LogP contribution in [0.5, 0.6) is 0 Å². The summed E-state index contributed by atoms with van der Waals surface area (Å²) < 4.78 is 0. The fourth-order valence-corrected chi connectivity index (χ4v) is 3.20. The Labute approximate surface area is 150 Å². The molecule has 2 aromatic rings. The fraction of sp³-hybridized carbons (Fsp3) is 0.438. The van der Waals surface area contributed by atoms with Crippen LogP contribution in [0.2, 0.25) is 0 Å². The van der Waals surface area contributed by atoms with Crippen molar-refractivity contribution in [2.45, 2.75) is 18.9 Å². The van der Waals surface area contributed by atoms with Crippen molar-refractivity contribution in [1.29, 1.82) is 0 Å². The van der Waals surface area contributed by atoms with Crippen LogP contribution in [0.1, 0.15) is 33.5 Å². The van der Waals surface area contributed by atoms with Gasteiger partial charge in [-0.2, -0.15) is 10.1 Å². The number of thiophene rings is 2. The maximum atomic E-state index is 11.3. The van der Waals surface area contributed by atoms with Crippen molar-refractivity contribution >= 4 is 28.5 Å². The molecule has 134 valence electrons. The summed E-state index contributed by atoms with van der Waals surface area (Å²) in [4.78, 5) is 13.0. The zero-order chi connectivity index (χ0) is 17.9. The molecule has 0 spiro atoms. The van der Waals surface area contributed by atoms with Gasteiger partial charge in [0.25, 0.3) is 0 Å². The predicted molar refractivity (Wildman–Crippen MR) is 96.0 cm³/mol. The number of hydrogen-bond donors (Lipinski definition) is 3. The fourth-order valence-electron chi connectivity index (χ4n) is 1.76. The van der Waals surface area contributed by atoms with Crippen LogP contribution in [0.4, 0.5) is 0 Å². The summed E-state index contributed by atoms with van der Waals surface area (Å²) in [5.74, 6) is 0.0888. The first-order valence-electron chi connectivity index (χ1n) is 7.48. The summed E-state index contributed by atoms with van der Waals surface area (Å²) in [6, 6.07) is 7.45. The number of Topliss-reactive ketones (excluding diaryl/α,β-unsaturated/α-hetero) is 1. The molecule has 1 atom stereocenters. The molecule has 1 unspecified atom stereocenters. The SMILES string of the molecule is CN(O)CCC(=O)c1cccs1.CN(O)CCC(O)c1cccs1. The molecule has 0 amide bonds. The van der Waals surface area contributed by atoms with Crippen LogP contribution in [-0.2, 0) is 0 Å². The quantitative estimate of drug-likeness (QED) is 0.488. The Bertz CT molecular complexity index is 557. The van der Waals surface area contributed by atoms with Crippen molar-refractivity contribution in [3.63, 3.8) is 0 Å². The Hall–Kier alpha value is -1.13. The van der Waals surface area contributed by atoms with Gasteiger partial charge >= 0.3 is 0 Å². The highest BCUT2D eigenvalue weighted by Gasteiger charge is 2.08. The van der Waals surface area contributed by atoms with Crippen LogP contribution < -0.4 is 0 Å². The number of hydroxylamine groups is 4. The molecule has 2 aromatic heterocycles. The first-order chi connectivity index (χ1) is 11.4. The molecular weight excluding hydrogens is 348 g/mol. The van der Waals surface area contributed by atoms with Gasteiger partial charge in [0.1, 0.15) is 0 Å². The van der Waals surface area contributed by atoms with Crippen LogP contribution in [0.25, 0.3) is 0 Å². The molecule has 0 saturated carbocycles. The van der Waals surface area contributed by atoms with Gasteiger partial charge in [-0.3, -0.25) is 4.79 Å². The summed E-state index contributed by atoms with van der Waals surface area (Å²) in [5.41, 5.74) is 0. The summed E-state index contributed by atoms with van der Waals surface area (Å²) in [6.07, 6.45) is 0.487. The van der Waals surface area contributed by atoms with Crippen LogP contribution in [0.3, 0.4) is 0 Å². The number of ketones is 1. The molecule has 8 heteroatoms. The Morgan fingerprint density at radius 3 is 2.21 bits per heavy atom. The third-order valence-corrected chi connectivity index (χ3v) is 4.94. The van der Waals surface area contributed by atoms with Crippen molar-refractivity contribution in [1.82, 2.24) is 10.1 Å². The summed E-state index contributed by atoms with van der Waals surface area (Å²) in [7, 11) is 3.10. The van der Waals surface area contributed by atoms with Gasteiger partial charge in [0.2, 0.25) is 0 Å². The van der Waals surface area contributed by atoms with Crippen LogP contribution in [-0.4, -0.2) is 58.6 Å². The van der Waals surface area contributed by atoms with Crippen molar-refractivity contribution in [3.05, 3.63) is 44.8 Å². The first-order valence-corrected chi connectivity index (χ1v) is 9.24. The van der Waals surface area contributed by atoms with Crippen LogP contribution >= 0.6 is 22.7 Å². The largest absolute Gasteiger partial charge is 0.388 e. The number of rotatable bonds is 8. The van der Waals surface area contributed by atoms with Crippen molar-refractivity contribution in [2.24, 2.45) is 0 Å². The standard InChI is InChI=1S/C8H13NO2S.C8H11NO2S/c2*1-9(11)5-4-7(10)8-3-2-6-12-8/h2-3,6-7,10-11H,4-5H2,1H3;2-3,6,11H,4-5H2,1H3. The highest BCUT2D eigenvalue weighted by Crippen LogP contribution is 2.21. The van der Waals surface area contributed by atoms with Gasteiger partial charge in [-0.1, -0.05) is 12.1 Å². The first kappa shape index (κ1) is 20.9. The molecule has 0 bridgehead atoms. The molecular formula is C16H24N2O4S2. The van der Waals surface area contributed by atoms with E-state index in [-0.39, 0.29) is 5.78 Å². The third kappa shape index (κ3) is 8.65. The molecule has 6 nitrogen and oxygen atoms in total. The molecule has 0 fully saturated rings. The van der Waals surface area contributed by atoms with Crippen molar-refractivity contribution in [2.75, 3.05) is 27.2 Å². The summed E-state index contributed by atoms with van der Waals surface area (Å²) in [6.45, 7) is 0.871. The Balaban J connectivity index is 0.000000240. The van der Waals surface area contributed by atoms with E-state index in [4.69, 9.17) is 10.4 Å². The van der Waals surface area contributed by atoms with Gasteiger partial charge in [0.15, 0.2) is 5.78 Å². The molecule has 24 heavy (non-hydrogen) atoms. The number of nitrogens with zero attached hydrogens (tertiary/aromatic N) is 2. The molecule has 2 heterocycles. The predicted octanol–water partition coefficient (Wildman–Crippen LogP) is 3.13. The third-order valence-electron chi connectivity index (χ3n) is 3.06. The lowest BCUT2D eigenvalue weighted by molar-refractivity contribution is -0.0721. The average molecular weight is 373 g/mol. The van der Waals surface area contributed by atoms with Gasteiger partial charge in [-0.15, -0.1) is 22.7 Å². The molecule has 0 radical (unpaired) electrons. The van der Waals surface area contributed by atoms with Gasteiger partial charge < -0.3 is 15.5 Å². The number of aliphatic hydroxyl groups is 1. The lowest BCUT2D eigenvalue weighted by Crippen LogP contribution is -2.16. The second-order valence-electron chi connectivity index (χ2n) is 5.23. The number of carbonyl (C=O) groups is 1. The molecule has 3 N–H and O–H groups in total. The minimum atomic E-state index is -0.445. The molecule has 2 rings (SSSR count). The highest BCUT2D eigenvalue weighted by atomic mass is 32.1. The lowest BCUT2D eigenvalue weighted by Gasteiger charge is -2.11. The zero-order valence-corrected chi connectivity index (χ0v) is 15.5. The van der Waals surface area contributed by atoms with E-state index in [1.165, 1.54) is 29.7 Å². The number of hydrogen-bond acceptors (Lipinski definition) is 8. The van der Waals surface area contributed by atoms with Crippen LogP contribution in [0, 0.1) is 0 Å². The average Bonchev–Trinajstić information content (AvgIpc) is 3.23. The zero-order valence-electron chi connectivity index (χ0n) is 13.8. The smallest absolute Gasteiger partial charge is 0.174 e. The van der Waals surface area contributed by atoms with Gasteiger partial charge in [-0.25, -0.2) is 0 Å². The van der Waals surface area contributed by atoms with Crippen molar-refractivity contribution < 1.29 is 20.3 Å². The van der Waals surface area contributed by atoms with Gasteiger partial charge in [0, 0.05) is 38.5 Å². The molecule has 0 aliphatic heterocycles. The Morgan fingerprint density at radius 1 is 1.08 bits per heavy atom. The minimum Gasteiger partial charge on any atom is -0.388 e. The number of carbonyl (C=O) groups excluding carboxylic acids is 1. The Morgan fingerprint density at radius 2 is 1.71 bits per heavy atom. The normalized spacial score (nSPS) is 12.1. The topological polar surface area (TPSA) is 84.2 Å². The molecule has 0 aromatic carbocycles. The van der Waals surface area contributed by atoms with E-state index in [1.54, 1.807) is 13.1 Å². The van der Waals surface area contributed by atoms with Gasteiger partial charge in [-0.05, 0) is 29.3 Å². The molecule has 0 aliphatic rings. The van der Waals surface area contributed by atoms with Crippen LogP contribution in [0.15, 0.2) is 35.0 Å². The maximum Gasteiger partial charge on any atom is 0.174 e. The maximum absolute atomic E-state index is 11.3. The van der Waals surface area contributed by atoms with E-state index in [0.29, 0.717) is 25.9 Å². The minimum absolute atomic E-state index is 0.0888. The second kappa shape index (κ2) is 11.4. The van der Waals surface area contributed by atoms with E-state index < -0.39 is 6.10 Å².